The van der Waals surface area contributed by atoms with Crippen molar-refractivity contribution in [2.24, 2.45) is 0 Å². The molecule has 0 aliphatic carbocycles. The first-order chi connectivity index (χ1) is 10.0. The molecule has 0 aliphatic rings. The van der Waals surface area contributed by atoms with E-state index >= 15 is 0 Å². The van der Waals surface area contributed by atoms with Gasteiger partial charge in [0.2, 0.25) is 23.8 Å². The molecule has 0 radical (unpaired) electrons. The number of nitrogens with one attached hydrogen (secondary N) is 2. The van der Waals surface area contributed by atoms with E-state index in [0.717, 1.165) is 13.0 Å². The van der Waals surface area contributed by atoms with Crippen molar-refractivity contribution in [3.8, 4) is 0 Å². The van der Waals surface area contributed by atoms with Crippen LogP contribution in [0.15, 0.2) is 0 Å². The van der Waals surface area contributed by atoms with Crippen molar-refractivity contribution >= 4 is 23.8 Å². The average Bonchev–Trinajstić information content (AvgIpc) is 2.46. The molecule has 0 saturated carbocycles. The Morgan fingerprint density at radius 1 is 1.14 bits per heavy atom. The molecule has 2 N–H and O–H groups in total. The van der Waals surface area contributed by atoms with Crippen molar-refractivity contribution in [3.63, 3.8) is 0 Å². The summed E-state index contributed by atoms with van der Waals surface area (Å²) in [5.74, 6) is 1.52. The van der Waals surface area contributed by atoms with Crippen LogP contribution in [-0.2, 0) is 4.79 Å². The van der Waals surface area contributed by atoms with Gasteiger partial charge in [-0.3, -0.25) is 4.79 Å². The molecule has 1 amide bonds. The topological polar surface area (TPSA) is 86.3 Å². The molecule has 1 heterocycles. The number of hydrogen-bond acceptors (Lipinski definition) is 7. The van der Waals surface area contributed by atoms with Gasteiger partial charge in [-0.2, -0.15) is 15.0 Å². The lowest BCUT2D eigenvalue weighted by molar-refractivity contribution is -0.119. The van der Waals surface area contributed by atoms with Gasteiger partial charge in [-0.1, -0.05) is 6.92 Å². The lowest BCUT2D eigenvalue weighted by Crippen LogP contribution is -2.37. The maximum Gasteiger partial charge on any atom is 0.239 e. The molecule has 0 aliphatic heterocycles. The van der Waals surface area contributed by atoms with Crippen LogP contribution in [0, 0.1) is 0 Å². The van der Waals surface area contributed by atoms with Crippen molar-refractivity contribution in [1.82, 2.24) is 20.3 Å². The fraction of sp³-hybridized carbons (Fsp3) is 0.692. The normalized spacial score (nSPS) is 10.1. The van der Waals surface area contributed by atoms with E-state index in [1.807, 2.05) is 30.8 Å². The fourth-order valence-corrected chi connectivity index (χ4v) is 1.70. The molecule has 0 saturated heterocycles. The lowest BCUT2D eigenvalue weighted by Gasteiger charge is -2.22. The zero-order valence-electron chi connectivity index (χ0n) is 13.5. The van der Waals surface area contributed by atoms with E-state index in [2.05, 4.69) is 32.5 Å². The second-order valence-corrected chi connectivity index (χ2v) is 4.78. The first-order valence-electron chi connectivity index (χ1n) is 7.14. The van der Waals surface area contributed by atoms with Crippen LogP contribution in [0.2, 0.25) is 0 Å². The average molecular weight is 295 g/mol. The van der Waals surface area contributed by atoms with Crippen molar-refractivity contribution in [2.45, 2.75) is 20.3 Å². The number of aromatic nitrogens is 3. The Hall–Kier alpha value is -2.12. The van der Waals surface area contributed by atoms with Crippen LogP contribution >= 0.6 is 0 Å². The Morgan fingerprint density at radius 2 is 1.81 bits per heavy atom. The van der Waals surface area contributed by atoms with Gasteiger partial charge in [0.05, 0.1) is 6.54 Å². The Kier molecular flexibility index (Phi) is 6.64. The molecule has 0 unspecified atom stereocenters. The van der Waals surface area contributed by atoms with Gasteiger partial charge in [0.1, 0.15) is 0 Å². The number of carbonyl (C=O) groups is 1. The van der Waals surface area contributed by atoms with Crippen molar-refractivity contribution in [2.75, 3.05) is 55.9 Å². The summed E-state index contributed by atoms with van der Waals surface area (Å²) in [5, 5.41) is 5.71. The zero-order chi connectivity index (χ0) is 15.8. The highest BCUT2D eigenvalue weighted by atomic mass is 16.1. The highest BCUT2D eigenvalue weighted by Gasteiger charge is 2.16. The molecular weight excluding hydrogens is 270 g/mol. The summed E-state index contributed by atoms with van der Waals surface area (Å²) in [7, 11) is 5.37. The molecule has 0 atom stereocenters. The SMILES string of the molecule is CCCN(CC(=O)NC)c1nc(NCC)nc(N(C)C)n1. The smallest absolute Gasteiger partial charge is 0.239 e. The second-order valence-electron chi connectivity index (χ2n) is 4.78. The highest BCUT2D eigenvalue weighted by molar-refractivity contribution is 5.80. The minimum atomic E-state index is -0.0692. The van der Waals surface area contributed by atoms with Crippen molar-refractivity contribution in [3.05, 3.63) is 0 Å². The fourth-order valence-electron chi connectivity index (χ4n) is 1.70. The molecule has 0 spiro atoms. The van der Waals surface area contributed by atoms with Crippen LogP contribution in [0.3, 0.4) is 0 Å². The number of anilines is 3. The quantitative estimate of drug-likeness (QED) is 0.715. The van der Waals surface area contributed by atoms with Gasteiger partial charge in [0, 0.05) is 34.2 Å². The van der Waals surface area contributed by atoms with E-state index in [1.165, 1.54) is 0 Å². The van der Waals surface area contributed by atoms with E-state index in [9.17, 15) is 4.79 Å². The molecule has 8 heteroatoms. The van der Waals surface area contributed by atoms with E-state index in [-0.39, 0.29) is 12.5 Å². The summed E-state index contributed by atoms with van der Waals surface area (Å²) < 4.78 is 0. The summed E-state index contributed by atoms with van der Waals surface area (Å²) in [6.07, 6.45) is 0.899. The molecule has 1 rings (SSSR count). The van der Waals surface area contributed by atoms with E-state index in [0.29, 0.717) is 24.4 Å². The molecule has 0 bridgehead atoms. The summed E-state index contributed by atoms with van der Waals surface area (Å²) in [4.78, 5) is 28.5. The van der Waals surface area contributed by atoms with E-state index in [1.54, 1.807) is 7.05 Å². The standard InChI is InChI=1S/C13H25N7O/c1-6-8-20(9-10(21)14-3)13-17-11(15-7-2)16-12(18-13)19(4)5/h6-9H2,1-5H3,(H,14,21)(H,15,16,17,18). The first-order valence-corrected chi connectivity index (χ1v) is 7.14. The molecule has 1 aromatic heterocycles. The third-order valence-corrected chi connectivity index (χ3v) is 2.74. The Balaban J connectivity index is 3.12. The summed E-state index contributed by atoms with van der Waals surface area (Å²) in [5.41, 5.74) is 0. The van der Waals surface area contributed by atoms with Gasteiger partial charge < -0.3 is 20.4 Å². The van der Waals surface area contributed by atoms with Crippen LogP contribution < -0.4 is 20.4 Å². The number of likely N-dealkylation sites (N-methyl/N-ethyl adjacent to an activating group) is 1. The zero-order valence-corrected chi connectivity index (χ0v) is 13.5. The number of carbonyl (C=O) groups excluding carboxylic acids is 1. The third-order valence-electron chi connectivity index (χ3n) is 2.74. The molecule has 1 aromatic rings. The van der Waals surface area contributed by atoms with E-state index in [4.69, 9.17) is 0 Å². The Bertz CT molecular complexity index is 464. The van der Waals surface area contributed by atoms with Crippen LogP contribution in [-0.4, -0.2) is 61.6 Å². The van der Waals surface area contributed by atoms with Crippen molar-refractivity contribution in [1.29, 1.82) is 0 Å². The molecule has 118 valence electrons. The third kappa shape index (κ3) is 5.05. The minimum Gasteiger partial charge on any atom is -0.358 e. The molecule has 0 aromatic carbocycles. The maximum absolute atomic E-state index is 11.6. The van der Waals surface area contributed by atoms with Crippen LogP contribution in [0.5, 0.6) is 0 Å². The van der Waals surface area contributed by atoms with Gasteiger partial charge in [-0.15, -0.1) is 0 Å². The van der Waals surface area contributed by atoms with Gasteiger partial charge in [-0.25, -0.2) is 0 Å². The maximum atomic E-state index is 11.6. The van der Waals surface area contributed by atoms with Gasteiger partial charge in [0.15, 0.2) is 0 Å². The summed E-state index contributed by atoms with van der Waals surface area (Å²) in [6, 6.07) is 0. The molecule has 0 fully saturated rings. The van der Waals surface area contributed by atoms with Crippen molar-refractivity contribution < 1.29 is 4.79 Å². The first kappa shape index (κ1) is 16.9. The summed E-state index contributed by atoms with van der Waals surface area (Å²) >= 11 is 0. The Labute approximate surface area is 126 Å². The van der Waals surface area contributed by atoms with Gasteiger partial charge in [-0.05, 0) is 13.3 Å². The van der Waals surface area contributed by atoms with Gasteiger partial charge >= 0.3 is 0 Å². The molecular formula is C13H25N7O. The predicted octanol–water partition coefficient (Wildman–Crippen LogP) is 0.332. The monoisotopic (exact) mass is 295 g/mol. The van der Waals surface area contributed by atoms with Crippen LogP contribution in [0.4, 0.5) is 17.8 Å². The lowest BCUT2D eigenvalue weighted by atomic mass is 10.4. The number of hydrogen-bond donors (Lipinski definition) is 2. The van der Waals surface area contributed by atoms with Gasteiger partial charge in [0.25, 0.3) is 0 Å². The largest absolute Gasteiger partial charge is 0.358 e. The minimum absolute atomic E-state index is 0.0692. The molecule has 8 nitrogen and oxygen atoms in total. The van der Waals surface area contributed by atoms with E-state index < -0.39 is 0 Å². The Morgan fingerprint density at radius 3 is 2.33 bits per heavy atom. The summed E-state index contributed by atoms with van der Waals surface area (Å²) in [6.45, 7) is 5.69. The number of nitrogens with zero attached hydrogens (tertiary/aromatic N) is 5. The number of rotatable bonds is 8. The highest BCUT2D eigenvalue weighted by Crippen LogP contribution is 2.15. The van der Waals surface area contributed by atoms with Crippen LogP contribution in [0.1, 0.15) is 20.3 Å². The molecule has 21 heavy (non-hydrogen) atoms. The number of amides is 1. The van der Waals surface area contributed by atoms with Crippen LogP contribution in [0.25, 0.3) is 0 Å². The predicted molar refractivity (Wildman–Crippen MR) is 84.9 cm³/mol. The second kappa shape index (κ2) is 8.23.